The van der Waals surface area contributed by atoms with Crippen molar-refractivity contribution >= 4 is 44.9 Å². The lowest BCUT2D eigenvalue weighted by Crippen LogP contribution is -2.00. The monoisotopic (exact) mass is 478 g/mol. The fraction of sp³-hybridized carbons (Fsp3) is 0.0714. The maximum Gasteiger partial charge on any atom is 0.337 e. The maximum absolute atomic E-state index is 11.9. The highest BCUT2D eigenvalue weighted by atomic mass is 16.5. The van der Waals surface area contributed by atoms with Gasteiger partial charge in [-0.2, -0.15) is 0 Å². The van der Waals surface area contributed by atoms with Crippen molar-refractivity contribution in [2.75, 3.05) is 14.2 Å². The molecule has 0 bridgehead atoms. The van der Waals surface area contributed by atoms with Gasteiger partial charge in [0, 0.05) is 11.1 Å². The highest BCUT2D eigenvalue weighted by Crippen LogP contribution is 2.37. The molecule has 0 spiro atoms. The average Bonchev–Trinajstić information content (AvgIpc) is 3.54. The summed E-state index contributed by atoms with van der Waals surface area (Å²) in [6, 6.07) is 21.6. The lowest BCUT2D eigenvalue weighted by atomic mass is 9.99. The Morgan fingerprint density at radius 2 is 1.08 bits per heavy atom. The van der Waals surface area contributed by atoms with Crippen LogP contribution < -0.4 is 0 Å². The van der Waals surface area contributed by atoms with Crippen LogP contribution in [0.3, 0.4) is 0 Å². The Bertz CT molecular complexity index is 1680. The summed E-state index contributed by atoms with van der Waals surface area (Å²) in [6.07, 6.45) is 0. The first-order valence-corrected chi connectivity index (χ1v) is 11.1. The van der Waals surface area contributed by atoms with E-state index in [4.69, 9.17) is 18.3 Å². The average molecular weight is 478 g/mol. The van der Waals surface area contributed by atoms with Gasteiger partial charge >= 0.3 is 11.9 Å². The van der Waals surface area contributed by atoms with Crippen LogP contribution in [-0.4, -0.2) is 36.1 Å². The topological polar surface area (TPSA) is 105 Å². The van der Waals surface area contributed by atoms with Crippen LogP contribution in [0.1, 0.15) is 20.7 Å². The zero-order valence-electron chi connectivity index (χ0n) is 19.3. The van der Waals surface area contributed by atoms with Gasteiger partial charge in [-0.1, -0.05) is 24.3 Å². The minimum atomic E-state index is -0.437. The van der Waals surface area contributed by atoms with E-state index in [1.807, 2.05) is 36.4 Å². The molecule has 0 aliphatic carbocycles. The maximum atomic E-state index is 11.9. The first-order valence-electron chi connectivity index (χ1n) is 11.1. The Hall–Kier alpha value is -4.98. The summed E-state index contributed by atoms with van der Waals surface area (Å²) in [5.74, 6) is -0.0216. The van der Waals surface area contributed by atoms with Gasteiger partial charge in [0.1, 0.15) is 11.0 Å². The van der Waals surface area contributed by atoms with Gasteiger partial charge in [-0.15, -0.1) is 0 Å². The number of benzene rings is 4. The van der Waals surface area contributed by atoms with E-state index in [1.165, 1.54) is 14.2 Å². The number of esters is 2. The van der Waals surface area contributed by atoms with Crippen molar-refractivity contribution in [2.45, 2.75) is 0 Å². The minimum absolute atomic E-state index is 0.399. The third-order valence-electron chi connectivity index (χ3n) is 6.00. The van der Waals surface area contributed by atoms with Crippen LogP contribution >= 0.6 is 0 Å². The van der Waals surface area contributed by atoms with Crippen LogP contribution in [0.25, 0.3) is 55.9 Å². The van der Waals surface area contributed by atoms with Gasteiger partial charge in [-0.25, -0.2) is 19.6 Å². The van der Waals surface area contributed by atoms with Crippen LogP contribution in [0.15, 0.2) is 81.6 Å². The van der Waals surface area contributed by atoms with Crippen LogP contribution in [-0.2, 0) is 9.47 Å². The van der Waals surface area contributed by atoms with Crippen LogP contribution in [0.4, 0.5) is 0 Å². The van der Waals surface area contributed by atoms with Crippen molar-refractivity contribution in [1.29, 1.82) is 0 Å². The van der Waals surface area contributed by atoms with Crippen molar-refractivity contribution in [3.05, 3.63) is 83.9 Å². The second-order valence-electron chi connectivity index (χ2n) is 8.09. The standard InChI is InChI=1S/C28H18N2O6/c1-33-27(31)15-7-11-23-21(13-15)29-25(35-23)19-9-10-20(18-6-4-3-5-17(18)19)26-30-22-14-16(28(32)34-2)8-12-24(22)36-26/h3-14H,1-2H3. The molecule has 0 radical (unpaired) electrons. The molecule has 0 aliphatic heterocycles. The van der Waals surface area contributed by atoms with Gasteiger partial charge in [0.05, 0.1) is 25.3 Å². The van der Waals surface area contributed by atoms with E-state index in [1.54, 1.807) is 36.4 Å². The summed E-state index contributed by atoms with van der Waals surface area (Å²) in [7, 11) is 2.67. The molecule has 8 heteroatoms. The number of nitrogens with zero attached hydrogens (tertiary/aromatic N) is 2. The molecule has 4 aromatic carbocycles. The molecule has 0 fully saturated rings. The number of ether oxygens (including phenoxy) is 2. The van der Waals surface area contributed by atoms with Crippen molar-refractivity contribution < 1.29 is 27.9 Å². The summed E-state index contributed by atoms with van der Waals surface area (Å²) < 4.78 is 21.6. The summed E-state index contributed by atoms with van der Waals surface area (Å²) in [5.41, 5.74) is 4.61. The minimum Gasteiger partial charge on any atom is -0.465 e. The number of rotatable bonds is 4. The van der Waals surface area contributed by atoms with E-state index in [2.05, 4.69) is 9.97 Å². The fourth-order valence-corrected chi connectivity index (χ4v) is 4.25. The number of carbonyl (C=O) groups excluding carboxylic acids is 2. The molecule has 0 amide bonds. The van der Waals surface area contributed by atoms with Gasteiger partial charge in [0.15, 0.2) is 11.2 Å². The summed E-state index contributed by atoms with van der Waals surface area (Å²) in [6.45, 7) is 0. The van der Waals surface area contributed by atoms with Gasteiger partial charge in [-0.05, 0) is 59.3 Å². The number of methoxy groups -OCH3 is 2. The first kappa shape index (κ1) is 21.5. The Balaban J connectivity index is 1.47. The molecule has 0 atom stereocenters. The van der Waals surface area contributed by atoms with Crippen LogP contribution in [0.5, 0.6) is 0 Å². The van der Waals surface area contributed by atoms with Crippen molar-refractivity contribution in [3.63, 3.8) is 0 Å². The van der Waals surface area contributed by atoms with Crippen LogP contribution in [0.2, 0.25) is 0 Å². The van der Waals surface area contributed by atoms with Gasteiger partial charge < -0.3 is 18.3 Å². The van der Waals surface area contributed by atoms with E-state index in [0.29, 0.717) is 45.1 Å². The second kappa shape index (κ2) is 8.35. The number of hydrogen-bond donors (Lipinski definition) is 0. The molecule has 0 aliphatic rings. The molecule has 2 heterocycles. The Morgan fingerprint density at radius 3 is 1.50 bits per heavy atom. The second-order valence-corrected chi connectivity index (χ2v) is 8.09. The zero-order valence-corrected chi connectivity index (χ0v) is 19.3. The molecule has 0 saturated heterocycles. The molecule has 0 saturated carbocycles. The normalized spacial score (nSPS) is 11.3. The Morgan fingerprint density at radius 1 is 0.639 bits per heavy atom. The lowest BCUT2D eigenvalue weighted by Gasteiger charge is -2.07. The summed E-state index contributed by atoms with van der Waals surface area (Å²) >= 11 is 0. The summed E-state index contributed by atoms with van der Waals surface area (Å²) in [4.78, 5) is 33.0. The number of fused-ring (bicyclic) bond motifs is 3. The highest BCUT2D eigenvalue weighted by Gasteiger charge is 2.18. The number of aromatic nitrogens is 2. The van der Waals surface area contributed by atoms with E-state index in [0.717, 1.165) is 21.9 Å². The molecule has 36 heavy (non-hydrogen) atoms. The highest BCUT2D eigenvalue weighted by molar-refractivity contribution is 6.04. The van der Waals surface area contributed by atoms with Crippen molar-refractivity contribution in [3.8, 4) is 22.9 Å². The molecule has 0 N–H and O–H groups in total. The molecule has 0 unspecified atom stereocenters. The molecule has 2 aromatic heterocycles. The van der Waals surface area contributed by atoms with E-state index in [9.17, 15) is 9.59 Å². The van der Waals surface area contributed by atoms with Crippen molar-refractivity contribution in [2.24, 2.45) is 0 Å². The zero-order chi connectivity index (χ0) is 24.8. The van der Waals surface area contributed by atoms with Crippen LogP contribution in [0, 0.1) is 0 Å². The predicted octanol–water partition coefficient (Wildman–Crippen LogP) is 6.03. The number of carbonyl (C=O) groups is 2. The third kappa shape index (κ3) is 3.47. The quantitative estimate of drug-likeness (QED) is 0.283. The van der Waals surface area contributed by atoms with Gasteiger partial charge in [0.2, 0.25) is 11.8 Å². The summed E-state index contributed by atoms with van der Waals surface area (Å²) in [5, 5.41) is 1.79. The fourth-order valence-electron chi connectivity index (χ4n) is 4.25. The molecular formula is C28H18N2O6. The lowest BCUT2D eigenvalue weighted by molar-refractivity contribution is 0.0592. The van der Waals surface area contributed by atoms with E-state index >= 15 is 0 Å². The predicted molar refractivity (Wildman–Crippen MR) is 133 cm³/mol. The SMILES string of the molecule is COC(=O)c1ccc2oc(-c3ccc(-c4nc5cc(C(=O)OC)ccc5o4)c4ccccc34)nc2c1. The van der Waals surface area contributed by atoms with E-state index in [-0.39, 0.29) is 0 Å². The van der Waals surface area contributed by atoms with Gasteiger partial charge in [-0.3, -0.25) is 0 Å². The number of oxazole rings is 2. The first-order chi connectivity index (χ1) is 17.6. The van der Waals surface area contributed by atoms with Crippen molar-refractivity contribution in [1.82, 2.24) is 9.97 Å². The Kier molecular flexibility index (Phi) is 5.00. The van der Waals surface area contributed by atoms with E-state index < -0.39 is 11.9 Å². The van der Waals surface area contributed by atoms with Gasteiger partial charge in [0.25, 0.3) is 0 Å². The third-order valence-corrected chi connectivity index (χ3v) is 6.00. The smallest absolute Gasteiger partial charge is 0.337 e. The molecule has 6 rings (SSSR count). The number of hydrogen-bond acceptors (Lipinski definition) is 8. The molecular weight excluding hydrogens is 460 g/mol. The Labute approximate surface area is 204 Å². The molecule has 176 valence electrons. The molecule has 8 nitrogen and oxygen atoms in total. The molecule has 6 aromatic rings. The largest absolute Gasteiger partial charge is 0.465 e.